The Bertz CT molecular complexity index is 656. The Labute approximate surface area is 167 Å². The number of piperazine rings is 1. The number of hydrogen-bond donors (Lipinski definition) is 1. The van der Waals surface area contributed by atoms with Crippen molar-refractivity contribution in [3.63, 3.8) is 0 Å². The van der Waals surface area contributed by atoms with Crippen LogP contribution in [0.3, 0.4) is 0 Å². The van der Waals surface area contributed by atoms with Crippen LogP contribution in [0.2, 0.25) is 0 Å². The molecule has 3 atom stereocenters. The van der Waals surface area contributed by atoms with Crippen LogP contribution in [-0.2, 0) is 14.3 Å². The first-order valence-corrected chi connectivity index (χ1v) is 10.3. The first kappa shape index (κ1) is 20.8. The van der Waals surface area contributed by atoms with Crippen LogP contribution >= 0.6 is 0 Å². The molecule has 0 radical (unpaired) electrons. The third-order valence-corrected chi connectivity index (χ3v) is 5.60. The second-order valence-electron chi connectivity index (χ2n) is 7.53. The molecule has 2 heterocycles. The van der Waals surface area contributed by atoms with Crippen molar-refractivity contribution in [3.8, 4) is 0 Å². The number of ether oxygens (including phenoxy) is 2. The zero-order chi connectivity index (χ0) is 19.9. The van der Waals surface area contributed by atoms with E-state index < -0.39 is 6.29 Å². The fraction of sp³-hybridized carbons (Fsp3) is 0.591. The maximum atomic E-state index is 13.1. The molecule has 154 valence electrons. The van der Waals surface area contributed by atoms with Crippen molar-refractivity contribution in [1.82, 2.24) is 9.80 Å². The maximum Gasteiger partial charge on any atom is 0.288 e. The number of likely N-dealkylation sites (N-methyl/N-ethyl adjacent to an activating group) is 1. The van der Waals surface area contributed by atoms with Crippen molar-refractivity contribution in [3.05, 3.63) is 47.7 Å². The molecular weight excluding hydrogens is 356 g/mol. The molecule has 0 saturated carbocycles. The van der Waals surface area contributed by atoms with E-state index in [1.165, 1.54) is 0 Å². The van der Waals surface area contributed by atoms with Gasteiger partial charge in [0, 0.05) is 51.2 Å². The summed E-state index contributed by atoms with van der Waals surface area (Å²) >= 11 is 0. The lowest BCUT2D eigenvalue weighted by atomic mass is 9.80. The number of aliphatic hydroxyl groups excluding tert-OH is 1. The molecule has 0 aromatic heterocycles. The summed E-state index contributed by atoms with van der Waals surface area (Å²) in [6.45, 7) is 5.73. The van der Waals surface area contributed by atoms with Crippen molar-refractivity contribution in [1.29, 1.82) is 0 Å². The van der Waals surface area contributed by atoms with Crippen molar-refractivity contribution in [2.24, 2.45) is 5.92 Å². The van der Waals surface area contributed by atoms with Crippen molar-refractivity contribution in [2.45, 2.75) is 32.0 Å². The molecule has 6 nitrogen and oxygen atoms in total. The molecular formula is C22H32N2O4. The summed E-state index contributed by atoms with van der Waals surface area (Å²) in [7, 11) is 2.07. The van der Waals surface area contributed by atoms with E-state index in [9.17, 15) is 9.90 Å². The van der Waals surface area contributed by atoms with Gasteiger partial charge in [0.25, 0.3) is 5.91 Å². The van der Waals surface area contributed by atoms with E-state index in [0.717, 1.165) is 25.1 Å². The number of allylic oxidation sites excluding steroid dienone is 1. The lowest BCUT2D eigenvalue weighted by Crippen LogP contribution is -2.49. The molecule has 1 fully saturated rings. The van der Waals surface area contributed by atoms with Gasteiger partial charge in [-0.3, -0.25) is 4.79 Å². The zero-order valence-electron chi connectivity index (χ0n) is 16.9. The van der Waals surface area contributed by atoms with Gasteiger partial charge < -0.3 is 24.4 Å². The number of carbonyl (C=O) groups excluding carboxylic acids is 1. The topological polar surface area (TPSA) is 62.2 Å². The second-order valence-corrected chi connectivity index (χ2v) is 7.53. The Hall–Kier alpha value is -1.89. The van der Waals surface area contributed by atoms with Gasteiger partial charge in [0.2, 0.25) is 6.29 Å². The van der Waals surface area contributed by atoms with Gasteiger partial charge in [-0.05, 0) is 38.5 Å². The molecule has 1 amide bonds. The molecule has 0 bridgehead atoms. The van der Waals surface area contributed by atoms with Crippen LogP contribution in [0, 0.1) is 5.92 Å². The maximum absolute atomic E-state index is 13.1. The molecule has 0 unspecified atom stereocenters. The first-order valence-electron chi connectivity index (χ1n) is 10.3. The van der Waals surface area contributed by atoms with Gasteiger partial charge in [0.05, 0.1) is 0 Å². The predicted molar refractivity (Wildman–Crippen MR) is 108 cm³/mol. The minimum Gasteiger partial charge on any atom is -0.459 e. The van der Waals surface area contributed by atoms with Crippen LogP contribution in [-0.4, -0.2) is 73.5 Å². The van der Waals surface area contributed by atoms with E-state index in [2.05, 4.69) is 24.1 Å². The standard InChI is InChI=1S/C22H32N2O4/c1-3-27-22-18(10-7-15-25)19(17-8-5-4-6-9-17)16-20(28-22)21(26)24-13-11-23(2)12-14-24/h4-6,8-9,16,18-19,22,25H,3,7,10-15H2,1-2H3/t18-,19-,22-/m1/s1. The number of benzene rings is 1. The van der Waals surface area contributed by atoms with E-state index in [-0.39, 0.29) is 24.3 Å². The van der Waals surface area contributed by atoms with Crippen LogP contribution in [0.4, 0.5) is 0 Å². The highest BCUT2D eigenvalue weighted by Crippen LogP contribution is 2.39. The van der Waals surface area contributed by atoms with Gasteiger partial charge in [-0.15, -0.1) is 0 Å². The van der Waals surface area contributed by atoms with Crippen LogP contribution in [0.5, 0.6) is 0 Å². The molecule has 1 aromatic rings. The molecule has 3 rings (SSSR count). The summed E-state index contributed by atoms with van der Waals surface area (Å²) in [6, 6.07) is 10.2. The molecule has 28 heavy (non-hydrogen) atoms. The normalized spacial score (nSPS) is 25.9. The smallest absolute Gasteiger partial charge is 0.288 e. The lowest BCUT2D eigenvalue weighted by Gasteiger charge is -2.39. The third-order valence-electron chi connectivity index (χ3n) is 5.60. The van der Waals surface area contributed by atoms with E-state index in [1.807, 2.05) is 36.1 Å². The first-order chi connectivity index (χ1) is 13.6. The number of hydrogen-bond acceptors (Lipinski definition) is 5. The zero-order valence-corrected chi connectivity index (χ0v) is 16.9. The van der Waals surface area contributed by atoms with E-state index in [0.29, 0.717) is 31.9 Å². The summed E-state index contributed by atoms with van der Waals surface area (Å²) in [5.74, 6) is 0.402. The fourth-order valence-corrected chi connectivity index (χ4v) is 3.98. The monoisotopic (exact) mass is 388 g/mol. The fourth-order valence-electron chi connectivity index (χ4n) is 3.98. The molecule has 6 heteroatoms. The molecule has 2 aliphatic heterocycles. The number of carbonyl (C=O) groups is 1. The van der Waals surface area contributed by atoms with Gasteiger partial charge in [0.1, 0.15) is 0 Å². The summed E-state index contributed by atoms with van der Waals surface area (Å²) in [6.07, 6.45) is 2.93. The molecule has 0 spiro atoms. The molecule has 0 aliphatic carbocycles. The van der Waals surface area contributed by atoms with E-state index in [4.69, 9.17) is 9.47 Å². The minimum atomic E-state index is -0.488. The third kappa shape index (κ3) is 4.93. The van der Waals surface area contributed by atoms with Gasteiger partial charge in [-0.25, -0.2) is 0 Å². The van der Waals surface area contributed by atoms with Crippen LogP contribution < -0.4 is 0 Å². The van der Waals surface area contributed by atoms with E-state index >= 15 is 0 Å². The summed E-state index contributed by atoms with van der Waals surface area (Å²) < 4.78 is 12.0. The summed E-state index contributed by atoms with van der Waals surface area (Å²) in [5, 5.41) is 9.34. The van der Waals surface area contributed by atoms with E-state index in [1.54, 1.807) is 0 Å². The van der Waals surface area contributed by atoms with Crippen LogP contribution in [0.15, 0.2) is 42.2 Å². The highest BCUT2D eigenvalue weighted by molar-refractivity contribution is 5.92. The Morgan fingerprint density at radius 3 is 2.57 bits per heavy atom. The minimum absolute atomic E-state index is 0.0180. The SMILES string of the molecule is CCO[C@@H]1OC(C(=O)N2CCN(C)CC2)=C[C@H](c2ccccc2)[C@H]1CCCO. The van der Waals surface area contributed by atoms with Crippen molar-refractivity contribution >= 4 is 5.91 Å². The molecule has 1 aromatic carbocycles. The van der Waals surface area contributed by atoms with Crippen LogP contribution in [0.25, 0.3) is 0 Å². The number of nitrogens with zero attached hydrogens (tertiary/aromatic N) is 2. The van der Waals surface area contributed by atoms with Crippen molar-refractivity contribution < 1.29 is 19.4 Å². The highest BCUT2D eigenvalue weighted by atomic mass is 16.7. The lowest BCUT2D eigenvalue weighted by molar-refractivity contribution is -0.170. The van der Waals surface area contributed by atoms with Gasteiger partial charge in [-0.1, -0.05) is 30.3 Å². The van der Waals surface area contributed by atoms with Gasteiger partial charge in [-0.2, -0.15) is 0 Å². The average Bonchev–Trinajstić information content (AvgIpc) is 2.73. The highest BCUT2D eigenvalue weighted by Gasteiger charge is 2.39. The molecule has 1 N–H and O–H groups in total. The summed E-state index contributed by atoms with van der Waals surface area (Å²) in [5.41, 5.74) is 1.14. The number of rotatable bonds is 7. The Balaban J connectivity index is 1.88. The second kappa shape index (κ2) is 10.0. The quantitative estimate of drug-likeness (QED) is 0.776. The average molecular weight is 389 g/mol. The summed E-state index contributed by atoms with van der Waals surface area (Å²) in [4.78, 5) is 17.2. The van der Waals surface area contributed by atoms with Crippen molar-refractivity contribution in [2.75, 3.05) is 46.4 Å². The Morgan fingerprint density at radius 1 is 1.21 bits per heavy atom. The van der Waals surface area contributed by atoms with Gasteiger partial charge >= 0.3 is 0 Å². The van der Waals surface area contributed by atoms with Crippen LogP contribution in [0.1, 0.15) is 31.2 Å². The molecule has 1 saturated heterocycles. The molecule has 2 aliphatic rings. The Kier molecular flexibility index (Phi) is 7.48. The number of amides is 1. The largest absolute Gasteiger partial charge is 0.459 e. The van der Waals surface area contributed by atoms with Gasteiger partial charge in [0.15, 0.2) is 5.76 Å². The number of aliphatic hydroxyl groups is 1. The Morgan fingerprint density at radius 2 is 1.93 bits per heavy atom. The predicted octanol–water partition coefficient (Wildman–Crippen LogP) is 2.21.